The van der Waals surface area contributed by atoms with Crippen molar-refractivity contribution in [1.29, 1.82) is 0 Å². The van der Waals surface area contributed by atoms with Gasteiger partial charge in [0.1, 0.15) is 5.75 Å². The first-order chi connectivity index (χ1) is 10.3. The van der Waals surface area contributed by atoms with Crippen LogP contribution in [0, 0.1) is 5.92 Å². The van der Waals surface area contributed by atoms with Crippen molar-refractivity contribution in [2.75, 3.05) is 13.2 Å². The predicted octanol–water partition coefficient (Wildman–Crippen LogP) is 3.45. The fourth-order valence-electron chi connectivity index (χ4n) is 2.11. The Kier molecular flexibility index (Phi) is 6.22. The minimum atomic E-state index is 0.657. The molecule has 0 saturated heterocycles. The lowest BCUT2D eigenvalue weighted by Gasteiger charge is -2.13. The van der Waals surface area contributed by atoms with E-state index < -0.39 is 0 Å². The summed E-state index contributed by atoms with van der Waals surface area (Å²) in [5.41, 5.74) is 2.47. The zero-order valence-corrected chi connectivity index (χ0v) is 12.9. The van der Waals surface area contributed by atoms with Crippen LogP contribution in [0.3, 0.4) is 0 Å². The summed E-state index contributed by atoms with van der Waals surface area (Å²) >= 11 is 0. The summed E-state index contributed by atoms with van der Waals surface area (Å²) in [5.74, 6) is 1.63. The van der Waals surface area contributed by atoms with Gasteiger partial charge in [0.05, 0.1) is 6.61 Å². The minimum Gasteiger partial charge on any atom is -0.493 e. The lowest BCUT2D eigenvalue weighted by Crippen LogP contribution is -2.19. The van der Waals surface area contributed by atoms with Crippen molar-refractivity contribution in [2.24, 2.45) is 5.92 Å². The second-order valence-corrected chi connectivity index (χ2v) is 5.59. The van der Waals surface area contributed by atoms with Crippen LogP contribution in [0.15, 0.2) is 48.8 Å². The molecular weight excluding hydrogens is 260 g/mol. The van der Waals surface area contributed by atoms with E-state index >= 15 is 0 Å². The molecule has 0 aliphatic carbocycles. The summed E-state index contributed by atoms with van der Waals surface area (Å²) in [5, 5.41) is 3.46. The fraction of sp³-hybridized carbons (Fsp3) is 0.389. The Morgan fingerprint density at radius 1 is 1.10 bits per heavy atom. The van der Waals surface area contributed by atoms with Crippen LogP contribution in [0.1, 0.15) is 25.0 Å². The molecule has 0 fully saturated rings. The topological polar surface area (TPSA) is 34.1 Å². The average molecular weight is 284 g/mol. The van der Waals surface area contributed by atoms with Crippen molar-refractivity contribution < 1.29 is 4.74 Å². The zero-order chi connectivity index (χ0) is 14.9. The Labute approximate surface area is 127 Å². The van der Waals surface area contributed by atoms with E-state index in [1.54, 1.807) is 0 Å². The molecule has 0 amide bonds. The summed E-state index contributed by atoms with van der Waals surface area (Å²) in [6.07, 6.45) is 4.54. The van der Waals surface area contributed by atoms with Gasteiger partial charge in [-0.2, -0.15) is 0 Å². The molecule has 112 valence electrons. The van der Waals surface area contributed by atoms with Crippen LogP contribution in [0.5, 0.6) is 5.75 Å². The van der Waals surface area contributed by atoms with E-state index in [0.29, 0.717) is 12.5 Å². The Morgan fingerprint density at radius 3 is 2.62 bits per heavy atom. The van der Waals surface area contributed by atoms with Crippen LogP contribution in [-0.4, -0.2) is 18.1 Å². The minimum absolute atomic E-state index is 0.657. The first kappa shape index (κ1) is 15.5. The molecule has 1 aromatic carbocycles. The number of hydrogen-bond donors (Lipinski definition) is 1. The Hall–Kier alpha value is -1.87. The Balaban J connectivity index is 1.84. The van der Waals surface area contributed by atoms with Crippen LogP contribution < -0.4 is 10.1 Å². The molecule has 0 radical (unpaired) electrons. The molecule has 0 aliphatic heterocycles. The lowest BCUT2D eigenvalue weighted by atomic mass is 10.1. The number of nitrogens with one attached hydrogen (secondary N) is 1. The van der Waals surface area contributed by atoms with E-state index in [1.165, 1.54) is 11.1 Å². The number of pyridine rings is 1. The lowest BCUT2D eigenvalue weighted by molar-refractivity contribution is 0.317. The number of nitrogens with zero attached hydrogens (tertiary/aromatic N) is 1. The van der Waals surface area contributed by atoms with Crippen molar-refractivity contribution in [3.63, 3.8) is 0 Å². The molecule has 1 heterocycles. The molecule has 3 nitrogen and oxygen atoms in total. The fourth-order valence-corrected chi connectivity index (χ4v) is 2.11. The van der Waals surface area contributed by atoms with Gasteiger partial charge >= 0.3 is 0 Å². The van der Waals surface area contributed by atoms with Gasteiger partial charge in [0.25, 0.3) is 0 Å². The van der Waals surface area contributed by atoms with Gasteiger partial charge in [0.15, 0.2) is 0 Å². The van der Waals surface area contributed by atoms with Crippen LogP contribution in [0.25, 0.3) is 0 Å². The van der Waals surface area contributed by atoms with Crippen molar-refractivity contribution in [2.45, 2.75) is 26.8 Å². The van der Waals surface area contributed by atoms with Gasteiger partial charge in [0, 0.05) is 30.9 Å². The van der Waals surface area contributed by atoms with E-state index in [-0.39, 0.29) is 0 Å². The standard InChI is InChI=1S/C18H24N2O/c1-15(2)13-20-14-17-5-3-4-6-18(17)21-12-9-16-7-10-19-11-8-16/h3-8,10-11,15,20H,9,12-14H2,1-2H3. The highest BCUT2D eigenvalue weighted by Gasteiger charge is 2.03. The highest BCUT2D eigenvalue weighted by Crippen LogP contribution is 2.18. The molecular formula is C18H24N2O. The van der Waals surface area contributed by atoms with Crippen LogP contribution in [0.4, 0.5) is 0 Å². The maximum atomic E-state index is 5.94. The molecule has 2 rings (SSSR count). The predicted molar refractivity (Wildman–Crippen MR) is 86.4 cm³/mol. The zero-order valence-electron chi connectivity index (χ0n) is 12.9. The third kappa shape index (κ3) is 5.56. The molecule has 0 unspecified atom stereocenters. The number of aromatic nitrogens is 1. The highest BCUT2D eigenvalue weighted by atomic mass is 16.5. The summed E-state index contributed by atoms with van der Waals surface area (Å²) in [6.45, 7) is 6.98. The molecule has 1 N–H and O–H groups in total. The molecule has 21 heavy (non-hydrogen) atoms. The maximum absolute atomic E-state index is 5.94. The quantitative estimate of drug-likeness (QED) is 0.806. The molecule has 1 aromatic heterocycles. The number of benzene rings is 1. The monoisotopic (exact) mass is 284 g/mol. The van der Waals surface area contributed by atoms with E-state index in [9.17, 15) is 0 Å². The second-order valence-electron chi connectivity index (χ2n) is 5.59. The largest absolute Gasteiger partial charge is 0.493 e. The van der Waals surface area contributed by atoms with Gasteiger partial charge in [-0.25, -0.2) is 0 Å². The number of para-hydroxylation sites is 1. The van der Waals surface area contributed by atoms with E-state index in [0.717, 1.165) is 25.3 Å². The summed E-state index contributed by atoms with van der Waals surface area (Å²) in [7, 11) is 0. The van der Waals surface area contributed by atoms with E-state index in [1.807, 2.05) is 36.7 Å². The molecule has 0 spiro atoms. The van der Waals surface area contributed by atoms with Crippen molar-refractivity contribution in [3.8, 4) is 5.75 Å². The first-order valence-electron chi connectivity index (χ1n) is 7.56. The molecule has 0 saturated carbocycles. The van der Waals surface area contributed by atoms with Crippen molar-refractivity contribution in [1.82, 2.24) is 10.3 Å². The smallest absolute Gasteiger partial charge is 0.123 e. The van der Waals surface area contributed by atoms with Crippen LogP contribution >= 0.6 is 0 Å². The van der Waals surface area contributed by atoms with Gasteiger partial charge < -0.3 is 10.1 Å². The average Bonchev–Trinajstić information content (AvgIpc) is 2.49. The molecule has 2 aromatic rings. The van der Waals surface area contributed by atoms with Crippen molar-refractivity contribution in [3.05, 3.63) is 59.9 Å². The summed E-state index contributed by atoms with van der Waals surface area (Å²) < 4.78 is 5.94. The van der Waals surface area contributed by atoms with Crippen LogP contribution in [-0.2, 0) is 13.0 Å². The third-order valence-corrected chi connectivity index (χ3v) is 3.24. The third-order valence-electron chi connectivity index (χ3n) is 3.24. The van der Waals surface area contributed by atoms with E-state index in [4.69, 9.17) is 4.74 Å². The molecule has 3 heteroatoms. The van der Waals surface area contributed by atoms with Gasteiger partial charge in [-0.3, -0.25) is 4.98 Å². The Morgan fingerprint density at radius 2 is 1.86 bits per heavy atom. The normalized spacial score (nSPS) is 10.8. The number of ether oxygens (including phenoxy) is 1. The van der Waals surface area contributed by atoms with Crippen molar-refractivity contribution >= 4 is 0 Å². The molecule has 0 aliphatic rings. The Bertz CT molecular complexity index is 526. The first-order valence-corrected chi connectivity index (χ1v) is 7.56. The second kappa shape index (κ2) is 8.42. The molecule has 0 atom stereocenters. The van der Waals surface area contributed by atoms with Gasteiger partial charge in [-0.15, -0.1) is 0 Å². The SMILES string of the molecule is CC(C)CNCc1ccccc1OCCc1ccncc1. The molecule has 0 bridgehead atoms. The van der Waals surface area contributed by atoms with Gasteiger partial charge in [-0.05, 0) is 36.2 Å². The highest BCUT2D eigenvalue weighted by molar-refractivity contribution is 5.33. The van der Waals surface area contributed by atoms with E-state index in [2.05, 4.69) is 36.3 Å². The van der Waals surface area contributed by atoms with Gasteiger partial charge in [0.2, 0.25) is 0 Å². The maximum Gasteiger partial charge on any atom is 0.123 e. The van der Waals surface area contributed by atoms with Gasteiger partial charge in [-0.1, -0.05) is 32.0 Å². The summed E-state index contributed by atoms with van der Waals surface area (Å²) in [6, 6.07) is 12.3. The summed E-state index contributed by atoms with van der Waals surface area (Å²) in [4.78, 5) is 4.02. The number of hydrogen-bond acceptors (Lipinski definition) is 3. The van der Waals surface area contributed by atoms with Crippen LogP contribution in [0.2, 0.25) is 0 Å². The number of rotatable bonds is 8.